The van der Waals surface area contributed by atoms with E-state index in [1.807, 2.05) is 27.7 Å². The molecule has 1 unspecified atom stereocenters. The van der Waals surface area contributed by atoms with Crippen molar-refractivity contribution in [2.45, 2.75) is 58.9 Å². The van der Waals surface area contributed by atoms with Gasteiger partial charge in [0.05, 0.1) is 5.69 Å². The molecule has 1 atom stereocenters. The summed E-state index contributed by atoms with van der Waals surface area (Å²) in [5.41, 5.74) is 1.53. The normalized spacial score (nSPS) is 14.2. The molecule has 5 heteroatoms. The van der Waals surface area contributed by atoms with Crippen LogP contribution < -0.4 is 5.32 Å². The molecule has 1 heterocycles. The lowest BCUT2D eigenvalue weighted by Gasteiger charge is -2.29. The number of rotatable bonds is 7. The number of carbonyl (C=O) groups is 1. The van der Waals surface area contributed by atoms with Crippen molar-refractivity contribution in [3.05, 3.63) is 17.0 Å². The largest absolute Gasteiger partial charge is 0.396 e. The Bertz CT molecular complexity index is 409. The van der Waals surface area contributed by atoms with Crippen LogP contribution in [0.15, 0.2) is 4.52 Å². The summed E-state index contributed by atoms with van der Waals surface area (Å²) in [6.07, 6.45) is 2.40. The second kappa shape index (κ2) is 6.70. The van der Waals surface area contributed by atoms with Gasteiger partial charge in [-0.1, -0.05) is 12.1 Å². The minimum absolute atomic E-state index is 0.00204. The third-order valence-electron chi connectivity index (χ3n) is 3.67. The van der Waals surface area contributed by atoms with Gasteiger partial charge in [-0.3, -0.25) is 4.79 Å². The highest BCUT2D eigenvalue weighted by Gasteiger charge is 2.23. The molecule has 0 fully saturated rings. The molecule has 0 bridgehead atoms. The van der Waals surface area contributed by atoms with E-state index in [1.165, 1.54) is 0 Å². The Balaban J connectivity index is 2.52. The number of aliphatic hydroxyl groups is 1. The molecule has 0 saturated carbocycles. The highest BCUT2D eigenvalue weighted by molar-refractivity contribution is 5.77. The van der Waals surface area contributed by atoms with Crippen molar-refractivity contribution in [1.29, 1.82) is 0 Å². The second-order valence-corrected chi connectivity index (χ2v) is 5.24. The van der Waals surface area contributed by atoms with Gasteiger partial charge in [0, 0.05) is 24.1 Å². The molecule has 2 N–H and O–H groups in total. The van der Waals surface area contributed by atoms with E-state index in [0.717, 1.165) is 23.4 Å². The molecule has 0 spiro atoms. The van der Waals surface area contributed by atoms with Crippen LogP contribution in [0.4, 0.5) is 0 Å². The minimum Gasteiger partial charge on any atom is -0.396 e. The monoisotopic (exact) mass is 268 g/mol. The van der Waals surface area contributed by atoms with Gasteiger partial charge in [-0.15, -0.1) is 0 Å². The van der Waals surface area contributed by atoms with Gasteiger partial charge in [-0.25, -0.2) is 0 Å². The van der Waals surface area contributed by atoms with E-state index in [1.54, 1.807) is 0 Å². The summed E-state index contributed by atoms with van der Waals surface area (Å²) in [4.78, 5) is 12.0. The molecule has 0 radical (unpaired) electrons. The molecular formula is C14H24N2O3. The van der Waals surface area contributed by atoms with Crippen LogP contribution in [0, 0.1) is 13.8 Å². The van der Waals surface area contributed by atoms with Crippen molar-refractivity contribution in [2.75, 3.05) is 6.61 Å². The molecule has 108 valence electrons. The zero-order chi connectivity index (χ0) is 14.5. The summed E-state index contributed by atoms with van der Waals surface area (Å²) in [5, 5.41) is 15.9. The summed E-state index contributed by atoms with van der Waals surface area (Å²) in [7, 11) is 0. The average Bonchev–Trinajstić information content (AvgIpc) is 2.67. The van der Waals surface area contributed by atoms with Gasteiger partial charge in [-0.2, -0.15) is 0 Å². The van der Waals surface area contributed by atoms with Crippen LogP contribution in [-0.2, 0) is 11.2 Å². The summed E-state index contributed by atoms with van der Waals surface area (Å²) < 4.78 is 5.07. The molecule has 0 aromatic carbocycles. The predicted octanol–water partition coefficient (Wildman–Crippen LogP) is 1.89. The van der Waals surface area contributed by atoms with Crippen molar-refractivity contribution in [1.82, 2.24) is 10.5 Å². The number of nitrogens with zero attached hydrogens (tertiary/aromatic N) is 1. The van der Waals surface area contributed by atoms with E-state index in [9.17, 15) is 4.79 Å². The Morgan fingerprint density at radius 1 is 1.47 bits per heavy atom. The van der Waals surface area contributed by atoms with Crippen LogP contribution in [0.5, 0.6) is 0 Å². The van der Waals surface area contributed by atoms with E-state index >= 15 is 0 Å². The van der Waals surface area contributed by atoms with E-state index < -0.39 is 0 Å². The first-order valence-electron chi connectivity index (χ1n) is 6.75. The van der Waals surface area contributed by atoms with E-state index in [4.69, 9.17) is 9.63 Å². The molecule has 1 amide bonds. The maximum Gasteiger partial charge on any atom is 0.220 e. The van der Waals surface area contributed by atoms with Crippen LogP contribution in [0.3, 0.4) is 0 Å². The summed E-state index contributed by atoms with van der Waals surface area (Å²) in [5.74, 6) is 0.775. The van der Waals surface area contributed by atoms with Crippen LogP contribution >= 0.6 is 0 Å². The van der Waals surface area contributed by atoms with Gasteiger partial charge in [0.25, 0.3) is 0 Å². The maximum absolute atomic E-state index is 12.0. The van der Waals surface area contributed by atoms with Crippen LogP contribution in [0.2, 0.25) is 0 Å². The first-order valence-corrected chi connectivity index (χ1v) is 6.75. The molecule has 19 heavy (non-hydrogen) atoms. The molecule has 0 aliphatic rings. The van der Waals surface area contributed by atoms with Crippen molar-refractivity contribution >= 4 is 5.91 Å². The third-order valence-corrected chi connectivity index (χ3v) is 3.67. The van der Waals surface area contributed by atoms with E-state index in [2.05, 4.69) is 10.5 Å². The molecule has 5 nitrogen and oxygen atoms in total. The number of aliphatic hydroxyl groups excluding tert-OH is 1. The first-order chi connectivity index (χ1) is 8.91. The van der Waals surface area contributed by atoms with Crippen molar-refractivity contribution in [3.8, 4) is 0 Å². The van der Waals surface area contributed by atoms with Gasteiger partial charge < -0.3 is 14.9 Å². The summed E-state index contributed by atoms with van der Waals surface area (Å²) in [6.45, 7) is 7.77. The number of hydrogen-bond donors (Lipinski definition) is 2. The number of nitrogens with one attached hydrogen (secondary N) is 1. The average molecular weight is 268 g/mol. The molecular weight excluding hydrogens is 244 g/mol. The van der Waals surface area contributed by atoms with Gasteiger partial charge >= 0.3 is 0 Å². The predicted molar refractivity (Wildman–Crippen MR) is 72.8 cm³/mol. The number of hydrogen-bond acceptors (Lipinski definition) is 4. The van der Waals surface area contributed by atoms with Crippen molar-refractivity contribution in [2.24, 2.45) is 0 Å². The fourth-order valence-corrected chi connectivity index (χ4v) is 2.07. The summed E-state index contributed by atoms with van der Waals surface area (Å²) in [6, 6.07) is 0. The quantitative estimate of drug-likeness (QED) is 0.792. The molecule has 0 aliphatic carbocycles. The highest BCUT2D eigenvalue weighted by Crippen LogP contribution is 2.16. The Morgan fingerprint density at radius 2 is 2.16 bits per heavy atom. The molecule has 0 saturated heterocycles. The Hall–Kier alpha value is -1.36. The Labute approximate surface area is 114 Å². The Kier molecular flexibility index (Phi) is 5.54. The third kappa shape index (κ3) is 4.35. The number of amides is 1. The number of aromatic nitrogens is 1. The number of carbonyl (C=O) groups excluding carboxylic acids is 1. The standard InChI is InChI=1S/C14H24N2O3/c1-5-14(4,8-9-17)15-13(18)7-6-12-10(2)16-19-11(12)3/h17H,5-9H2,1-4H3,(H,15,18). The topological polar surface area (TPSA) is 75.4 Å². The molecule has 0 aliphatic heterocycles. The highest BCUT2D eigenvalue weighted by atomic mass is 16.5. The SMILES string of the molecule is CCC(C)(CCO)NC(=O)CCc1c(C)noc1C. The lowest BCUT2D eigenvalue weighted by atomic mass is 9.94. The van der Waals surface area contributed by atoms with Crippen LogP contribution in [-0.4, -0.2) is 28.3 Å². The van der Waals surface area contributed by atoms with Crippen LogP contribution in [0.1, 0.15) is 50.1 Å². The number of aryl methyl sites for hydroxylation is 2. The lowest BCUT2D eigenvalue weighted by molar-refractivity contribution is -0.123. The van der Waals surface area contributed by atoms with Crippen molar-refractivity contribution in [3.63, 3.8) is 0 Å². The second-order valence-electron chi connectivity index (χ2n) is 5.24. The molecule has 1 aromatic heterocycles. The fourth-order valence-electron chi connectivity index (χ4n) is 2.07. The van der Waals surface area contributed by atoms with Crippen molar-refractivity contribution < 1.29 is 14.4 Å². The smallest absolute Gasteiger partial charge is 0.220 e. The summed E-state index contributed by atoms with van der Waals surface area (Å²) >= 11 is 0. The van der Waals surface area contributed by atoms with Gasteiger partial charge in [-0.05, 0) is 40.0 Å². The van der Waals surface area contributed by atoms with Gasteiger partial charge in [0.2, 0.25) is 5.91 Å². The maximum atomic E-state index is 12.0. The van der Waals surface area contributed by atoms with E-state index in [-0.39, 0.29) is 18.1 Å². The van der Waals surface area contributed by atoms with E-state index in [0.29, 0.717) is 19.3 Å². The van der Waals surface area contributed by atoms with Gasteiger partial charge in [0.1, 0.15) is 5.76 Å². The lowest BCUT2D eigenvalue weighted by Crippen LogP contribution is -2.46. The zero-order valence-electron chi connectivity index (χ0n) is 12.2. The van der Waals surface area contributed by atoms with Gasteiger partial charge in [0.15, 0.2) is 0 Å². The molecule has 1 rings (SSSR count). The Morgan fingerprint density at radius 3 is 2.63 bits per heavy atom. The van der Waals surface area contributed by atoms with Crippen LogP contribution in [0.25, 0.3) is 0 Å². The minimum atomic E-state index is -0.329. The fraction of sp³-hybridized carbons (Fsp3) is 0.714. The zero-order valence-corrected chi connectivity index (χ0v) is 12.2. The molecule has 1 aromatic rings. The first kappa shape index (κ1) is 15.7.